The summed E-state index contributed by atoms with van der Waals surface area (Å²) in [5.74, 6) is 1.19. The number of nitrogens with zero attached hydrogens (tertiary/aromatic N) is 2. The highest BCUT2D eigenvalue weighted by atomic mass is 32.1. The number of ether oxygens (including phenoxy) is 1. The zero-order valence-electron chi connectivity index (χ0n) is 16.7. The minimum absolute atomic E-state index is 0.0564. The molecule has 7 heteroatoms. The van der Waals surface area contributed by atoms with Crippen molar-refractivity contribution in [2.45, 2.75) is 46.6 Å². The number of benzene rings is 1. The van der Waals surface area contributed by atoms with Gasteiger partial charge in [0.25, 0.3) is 5.56 Å². The number of aromatic nitrogens is 2. The van der Waals surface area contributed by atoms with Crippen molar-refractivity contribution in [1.29, 1.82) is 0 Å². The third kappa shape index (κ3) is 3.67. The normalized spacial score (nSPS) is 11.1. The van der Waals surface area contributed by atoms with E-state index in [0.717, 1.165) is 38.0 Å². The van der Waals surface area contributed by atoms with Crippen molar-refractivity contribution < 1.29 is 9.53 Å². The van der Waals surface area contributed by atoms with Crippen LogP contribution in [0.1, 0.15) is 36.0 Å². The van der Waals surface area contributed by atoms with Crippen LogP contribution in [-0.4, -0.2) is 22.6 Å². The van der Waals surface area contributed by atoms with Gasteiger partial charge in [-0.25, -0.2) is 4.98 Å². The number of rotatable bonds is 7. The number of fused-ring (bicyclic) bond motifs is 1. The number of aryl methyl sites for hydroxylation is 3. The predicted octanol–water partition coefficient (Wildman–Crippen LogP) is 3.58. The summed E-state index contributed by atoms with van der Waals surface area (Å²) in [5, 5.41) is 0.642. The van der Waals surface area contributed by atoms with Crippen molar-refractivity contribution in [3.8, 4) is 16.9 Å². The molecule has 2 heterocycles. The molecule has 3 rings (SSSR count). The Bertz CT molecular complexity index is 1100. The topological polar surface area (TPSA) is 87.2 Å². The first kappa shape index (κ1) is 20.1. The van der Waals surface area contributed by atoms with Crippen molar-refractivity contribution >= 4 is 27.5 Å². The highest BCUT2D eigenvalue weighted by Gasteiger charge is 2.19. The monoisotopic (exact) mass is 399 g/mol. The number of primary amides is 1. The highest BCUT2D eigenvalue weighted by Crippen LogP contribution is 2.37. The van der Waals surface area contributed by atoms with Gasteiger partial charge in [0.05, 0.1) is 12.5 Å². The van der Waals surface area contributed by atoms with E-state index in [4.69, 9.17) is 15.5 Å². The van der Waals surface area contributed by atoms with Crippen LogP contribution in [0.2, 0.25) is 0 Å². The molecule has 148 valence electrons. The van der Waals surface area contributed by atoms with Gasteiger partial charge in [0, 0.05) is 29.8 Å². The zero-order chi connectivity index (χ0) is 20.4. The maximum atomic E-state index is 13.4. The molecule has 0 spiro atoms. The Morgan fingerprint density at radius 3 is 2.68 bits per heavy atom. The van der Waals surface area contributed by atoms with Crippen LogP contribution in [0.4, 0.5) is 0 Å². The van der Waals surface area contributed by atoms with Crippen LogP contribution < -0.4 is 16.0 Å². The van der Waals surface area contributed by atoms with E-state index in [9.17, 15) is 9.59 Å². The van der Waals surface area contributed by atoms with E-state index in [1.807, 2.05) is 39.0 Å². The van der Waals surface area contributed by atoms with Gasteiger partial charge in [-0.05, 0) is 43.5 Å². The van der Waals surface area contributed by atoms with Gasteiger partial charge in [-0.15, -0.1) is 11.3 Å². The summed E-state index contributed by atoms with van der Waals surface area (Å²) < 4.78 is 7.05. The average Bonchev–Trinajstić information content (AvgIpc) is 2.99. The summed E-state index contributed by atoms with van der Waals surface area (Å²) in [7, 11) is 1.65. The van der Waals surface area contributed by atoms with Gasteiger partial charge in [0.2, 0.25) is 5.91 Å². The minimum Gasteiger partial charge on any atom is -0.496 e. The molecule has 0 saturated heterocycles. The lowest BCUT2D eigenvalue weighted by Gasteiger charge is -2.12. The Labute approximate surface area is 168 Å². The number of carbonyl (C=O) groups is 1. The van der Waals surface area contributed by atoms with E-state index in [2.05, 4.69) is 0 Å². The number of nitrogens with two attached hydrogens (primary N) is 1. The number of methoxy groups -OCH3 is 1. The second kappa shape index (κ2) is 8.14. The third-order valence-corrected chi connectivity index (χ3v) is 5.87. The molecule has 1 amide bonds. The summed E-state index contributed by atoms with van der Waals surface area (Å²) in [6.45, 7) is 6.42. The fraction of sp³-hybridized carbons (Fsp3) is 0.381. The molecule has 0 saturated carbocycles. The molecule has 6 nitrogen and oxygen atoms in total. The summed E-state index contributed by atoms with van der Waals surface area (Å²) in [6.07, 6.45) is 1.42. The van der Waals surface area contributed by atoms with Crippen molar-refractivity contribution in [3.05, 3.63) is 44.8 Å². The summed E-state index contributed by atoms with van der Waals surface area (Å²) in [6, 6.07) is 5.94. The Hall–Kier alpha value is -2.67. The standard InChI is InChI=1S/C21H25N3O3S/c1-5-17-23-20-19(21(26)24(17)10-6-7-16(22)25)18(13(3)28-20)14-8-9-15(27-4)12(2)11-14/h8-9,11H,5-7,10H2,1-4H3,(H2,22,25). The number of hydrogen-bond donors (Lipinski definition) is 1. The lowest BCUT2D eigenvalue weighted by molar-refractivity contribution is -0.118. The van der Waals surface area contributed by atoms with Crippen LogP contribution in [0.5, 0.6) is 5.75 Å². The maximum Gasteiger partial charge on any atom is 0.262 e. The molecule has 2 aromatic heterocycles. The molecule has 0 bridgehead atoms. The molecule has 0 atom stereocenters. The average molecular weight is 400 g/mol. The number of amides is 1. The van der Waals surface area contributed by atoms with Crippen molar-refractivity contribution in [2.75, 3.05) is 7.11 Å². The van der Waals surface area contributed by atoms with E-state index in [1.54, 1.807) is 23.0 Å². The largest absolute Gasteiger partial charge is 0.496 e. The molecule has 0 radical (unpaired) electrons. The second-order valence-electron chi connectivity index (χ2n) is 6.81. The molecule has 0 aliphatic heterocycles. The Morgan fingerprint density at radius 1 is 1.32 bits per heavy atom. The van der Waals surface area contributed by atoms with Gasteiger partial charge in [0.1, 0.15) is 16.4 Å². The molecular weight excluding hydrogens is 374 g/mol. The van der Waals surface area contributed by atoms with Crippen molar-refractivity contribution in [2.24, 2.45) is 5.73 Å². The predicted molar refractivity (Wildman–Crippen MR) is 113 cm³/mol. The number of hydrogen-bond acceptors (Lipinski definition) is 5. The van der Waals surface area contributed by atoms with Gasteiger partial charge in [0.15, 0.2) is 0 Å². The van der Waals surface area contributed by atoms with Crippen LogP contribution in [0.25, 0.3) is 21.3 Å². The summed E-state index contributed by atoms with van der Waals surface area (Å²) in [4.78, 5) is 31.0. The van der Waals surface area contributed by atoms with Crippen LogP contribution >= 0.6 is 11.3 Å². The zero-order valence-corrected chi connectivity index (χ0v) is 17.5. The van der Waals surface area contributed by atoms with Gasteiger partial charge < -0.3 is 10.5 Å². The number of thiophene rings is 1. The molecule has 3 aromatic rings. The van der Waals surface area contributed by atoms with E-state index in [1.165, 1.54) is 0 Å². The van der Waals surface area contributed by atoms with Crippen molar-refractivity contribution in [3.63, 3.8) is 0 Å². The molecule has 0 aliphatic carbocycles. The number of carbonyl (C=O) groups excluding carboxylic acids is 1. The van der Waals surface area contributed by atoms with Gasteiger partial charge in [-0.2, -0.15) is 0 Å². The van der Waals surface area contributed by atoms with Crippen LogP contribution in [0, 0.1) is 13.8 Å². The Balaban J connectivity index is 2.19. The third-order valence-electron chi connectivity index (χ3n) is 4.87. The smallest absolute Gasteiger partial charge is 0.262 e. The first-order valence-corrected chi connectivity index (χ1v) is 10.1. The maximum absolute atomic E-state index is 13.4. The SMILES string of the molecule is CCc1nc2sc(C)c(-c3ccc(OC)c(C)c3)c2c(=O)n1CCCC(N)=O. The van der Waals surface area contributed by atoms with Crippen LogP contribution in [-0.2, 0) is 17.8 Å². The van der Waals surface area contributed by atoms with E-state index in [-0.39, 0.29) is 17.9 Å². The molecule has 0 aliphatic rings. The Morgan fingerprint density at radius 2 is 2.07 bits per heavy atom. The minimum atomic E-state index is -0.360. The Kier molecular flexibility index (Phi) is 5.84. The first-order valence-electron chi connectivity index (χ1n) is 9.33. The van der Waals surface area contributed by atoms with Crippen molar-refractivity contribution in [1.82, 2.24) is 9.55 Å². The molecule has 2 N–H and O–H groups in total. The van der Waals surface area contributed by atoms with Crippen LogP contribution in [0.3, 0.4) is 0 Å². The van der Waals surface area contributed by atoms with E-state index in [0.29, 0.717) is 24.8 Å². The lowest BCUT2D eigenvalue weighted by atomic mass is 10.0. The van der Waals surface area contributed by atoms with Crippen LogP contribution in [0.15, 0.2) is 23.0 Å². The van der Waals surface area contributed by atoms with Gasteiger partial charge in [-0.1, -0.05) is 13.0 Å². The quantitative estimate of drug-likeness (QED) is 0.658. The van der Waals surface area contributed by atoms with E-state index < -0.39 is 0 Å². The highest BCUT2D eigenvalue weighted by molar-refractivity contribution is 7.19. The first-order chi connectivity index (χ1) is 13.4. The molecule has 0 unspecified atom stereocenters. The second-order valence-corrected chi connectivity index (χ2v) is 8.01. The fourth-order valence-electron chi connectivity index (χ4n) is 3.53. The van der Waals surface area contributed by atoms with E-state index >= 15 is 0 Å². The molecule has 0 fully saturated rings. The lowest BCUT2D eigenvalue weighted by Crippen LogP contribution is -2.25. The summed E-state index contributed by atoms with van der Waals surface area (Å²) >= 11 is 1.54. The van der Waals surface area contributed by atoms with Gasteiger partial charge in [-0.3, -0.25) is 14.2 Å². The molecule has 28 heavy (non-hydrogen) atoms. The van der Waals surface area contributed by atoms with Gasteiger partial charge >= 0.3 is 0 Å². The molecular formula is C21H25N3O3S. The molecule has 1 aromatic carbocycles. The fourth-order valence-corrected chi connectivity index (χ4v) is 4.58. The summed E-state index contributed by atoms with van der Waals surface area (Å²) in [5.41, 5.74) is 8.11.